The van der Waals surface area contributed by atoms with Gasteiger partial charge in [-0.2, -0.15) is 0 Å². The van der Waals surface area contributed by atoms with Gasteiger partial charge in [0.2, 0.25) is 0 Å². The van der Waals surface area contributed by atoms with Crippen LogP contribution < -0.4 is 5.32 Å². The van der Waals surface area contributed by atoms with Gasteiger partial charge in [0.1, 0.15) is 0 Å². The monoisotopic (exact) mass is 261 g/mol. The zero-order chi connectivity index (χ0) is 14.3. The normalized spacial score (nSPS) is 14.6. The van der Waals surface area contributed by atoms with Crippen LogP contribution >= 0.6 is 0 Å². The van der Waals surface area contributed by atoms with Gasteiger partial charge in [-0.3, -0.25) is 0 Å². The van der Waals surface area contributed by atoms with E-state index in [0.717, 1.165) is 19.0 Å². The van der Waals surface area contributed by atoms with Gasteiger partial charge in [-0.15, -0.1) is 0 Å². The van der Waals surface area contributed by atoms with E-state index in [0.29, 0.717) is 5.41 Å². The Morgan fingerprint density at radius 2 is 1.89 bits per heavy atom. The van der Waals surface area contributed by atoms with Crippen LogP contribution in [0.4, 0.5) is 0 Å². The predicted octanol–water partition coefficient (Wildman–Crippen LogP) is 4.59. The Hall–Kier alpha value is -0.820. The van der Waals surface area contributed by atoms with Crippen molar-refractivity contribution in [1.29, 1.82) is 0 Å². The maximum absolute atomic E-state index is 3.65. The average molecular weight is 261 g/mol. The van der Waals surface area contributed by atoms with Crippen molar-refractivity contribution in [2.75, 3.05) is 13.1 Å². The van der Waals surface area contributed by atoms with Crippen LogP contribution in [-0.4, -0.2) is 13.1 Å². The summed E-state index contributed by atoms with van der Waals surface area (Å²) in [7, 11) is 0. The number of benzene rings is 1. The number of hydrogen-bond donors (Lipinski definition) is 1. The highest BCUT2D eigenvalue weighted by Crippen LogP contribution is 2.28. The highest BCUT2D eigenvalue weighted by atomic mass is 14.9. The Morgan fingerprint density at radius 3 is 2.47 bits per heavy atom. The fraction of sp³-hybridized carbons (Fsp3) is 0.667. The summed E-state index contributed by atoms with van der Waals surface area (Å²) in [5.74, 6) is 0.726. The molecule has 0 bridgehead atoms. The van der Waals surface area contributed by atoms with Crippen LogP contribution in [0.15, 0.2) is 24.3 Å². The molecule has 1 N–H and O–H groups in total. The lowest BCUT2D eigenvalue weighted by Gasteiger charge is -2.31. The minimum atomic E-state index is 0.371. The van der Waals surface area contributed by atoms with Gasteiger partial charge in [-0.25, -0.2) is 0 Å². The molecule has 1 aromatic rings. The van der Waals surface area contributed by atoms with Crippen molar-refractivity contribution in [1.82, 2.24) is 5.32 Å². The molecule has 0 spiro atoms. The van der Waals surface area contributed by atoms with Crippen LogP contribution in [0.3, 0.4) is 0 Å². The maximum Gasteiger partial charge on any atom is 0.000846 e. The third-order valence-electron chi connectivity index (χ3n) is 3.84. The molecule has 19 heavy (non-hydrogen) atoms. The second kappa shape index (κ2) is 7.69. The number of nitrogens with one attached hydrogen (secondary N) is 1. The number of rotatable bonds is 8. The molecule has 1 heteroatoms. The van der Waals surface area contributed by atoms with Crippen LogP contribution in [0.5, 0.6) is 0 Å². The SMILES string of the molecule is CCCC(C)(CNCC(C)C)Cc1ccccc1C. The second-order valence-corrected chi connectivity index (χ2v) is 6.69. The van der Waals surface area contributed by atoms with E-state index in [1.165, 1.54) is 30.4 Å². The molecule has 108 valence electrons. The topological polar surface area (TPSA) is 12.0 Å². The molecule has 0 amide bonds. The fourth-order valence-electron chi connectivity index (χ4n) is 2.77. The molecule has 1 rings (SSSR count). The van der Waals surface area contributed by atoms with Crippen LogP contribution in [0, 0.1) is 18.3 Å². The first-order valence-electron chi connectivity index (χ1n) is 7.72. The molecule has 0 saturated heterocycles. The lowest BCUT2D eigenvalue weighted by atomic mass is 9.78. The summed E-state index contributed by atoms with van der Waals surface area (Å²) in [6, 6.07) is 8.80. The Morgan fingerprint density at radius 1 is 1.21 bits per heavy atom. The number of hydrogen-bond acceptors (Lipinski definition) is 1. The molecule has 0 aliphatic heterocycles. The average Bonchev–Trinajstić information content (AvgIpc) is 2.32. The van der Waals surface area contributed by atoms with Crippen molar-refractivity contribution in [3.05, 3.63) is 35.4 Å². The van der Waals surface area contributed by atoms with Crippen molar-refractivity contribution in [3.63, 3.8) is 0 Å². The fourth-order valence-corrected chi connectivity index (χ4v) is 2.77. The van der Waals surface area contributed by atoms with E-state index in [1.807, 2.05) is 0 Å². The van der Waals surface area contributed by atoms with E-state index in [2.05, 4.69) is 64.2 Å². The molecular weight excluding hydrogens is 230 g/mol. The Bertz CT molecular complexity index is 370. The molecule has 0 saturated carbocycles. The first-order valence-corrected chi connectivity index (χ1v) is 7.72. The molecule has 1 unspecified atom stereocenters. The quantitative estimate of drug-likeness (QED) is 0.721. The molecule has 1 atom stereocenters. The molecule has 1 aromatic carbocycles. The largest absolute Gasteiger partial charge is 0.316 e. The zero-order valence-corrected chi connectivity index (χ0v) is 13.4. The second-order valence-electron chi connectivity index (χ2n) is 6.69. The molecule has 0 aliphatic carbocycles. The smallest absolute Gasteiger partial charge is 0.000846 e. The lowest BCUT2D eigenvalue weighted by Crippen LogP contribution is -2.35. The highest BCUT2D eigenvalue weighted by molar-refractivity contribution is 5.26. The first kappa shape index (κ1) is 16.2. The van der Waals surface area contributed by atoms with Crippen LogP contribution in [0.25, 0.3) is 0 Å². The summed E-state index contributed by atoms with van der Waals surface area (Å²) in [6.07, 6.45) is 3.72. The predicted molar refractivity (Wildman–Crippen MR) is 85.6 cm³/mol. The van der Waals surface area contributed by atoms with E-state index in [-0.39, 0.29) is 0 Å². The van der Waals surface area contributed by atoms with E-state index in [9.17, 15) is 0 Å². The van der Waals surface area contributed by atoms with E-state index in [1.54, 1.807) is 0 Å². The molecule has 0 aliphatic rings. The Kier molecular flexibility index (Phi) is 6.57. The van der Waals surface area contributed by atoms with E-state index in [4.69, 9.17) is 0 Å². The summed E-state index contributed by atoms with van der Waals surface area (Å²) in [4.78, 5) is 0. The van der Waals surface area contributed by atoms with Crippen LogP contribution in [-0.2, 0) is 6.42 Å². The van der Waals surface area contributed by atoms with Crippen molar-refractivity contribution in [2.45, 2.75) is 53.9 Å². The van der Waals surface area contributed by atoms with Crippen molar-refractivity contribution >= 4 is 0 Å². The van der Waals surface area contributed by atoms with Crippen LogP contribution in [0.1, 0.15) is 51.7 Å². The Labute approximate surface area is 119 Å². The molecule has 0 radical (unpaired) electrons. The summed E-state index contributed by atoms with van der Waals surface area (Å²) >= 11 is 0. The van der Waals surface area contributed by atoms with Gasteiger partial charge in [0.25, 0.3) is 0 Å². The highest BCUT2D eigenvalue weighted by Gasteiger charge is 2.24. The lowest BCUT2D eigenvalue weighted by molar-refractivity contribution is 0.270. The van der Waals surface area contributed by atoms with Gasteiger partial charge in [-0.05, 0) is 48.8 Å². The minimum Gasteiger partial charge on any atom is -0.316 e. The first-order chi connectivity index (χ1) is 8.97. The third-order valence-corrected chi connectivity index (χ3v) is 3.84. The van der Waals surface area contributed by atoms with Crippen molar-refractivity contribution in [3.8, 4) is 0 Å². The van der Waals surface area contributed by atoms with Crippen molar-refractivity contribution < 1.29 is 0 Å². The van der Waals surface area contributed by atoms with Gasteiger partial charge in [0, 0.05) is 6.54 Å². The summed E-state index contributed by atoms with van der Waals surface area (Å²) in [5.41, 5.74) is 3.30. The van der Waals surface area contributed by atoms with Gasteiger partial charge >= 0.3 is 0 Å². The molecular formula is C18H31N. The van der Waals surface area contributed by atoms with Gasteiger partial charge in [0.05, 0.1) is 0 Å². The molecule has 0 aromatic heterocycles. The van der Waals surface area contributed by atoms with Gasteiger partial charge in [-0.1, -0.05) is 58.4 Å². The van der Waals surface area contributed by atoms with E-state index < -0.39 is 0 Å². The van der Waals surface area contributed by atoms with Crippen LogP contribution in [0.2, 0.25) is 0 Å². The van der Waals surface area contributed by atoms with Crippen molar-refractivity contribution in [2.24, 2.45) is 11.3 Å². The van der Waals surface area contributed by atoms with Gasteiger partial charge in [0.15, 0.2) is 0 Å². The zero-order valence-electron chi connectivity index (χ0n) is 13.4. The van der Waals surface area contributed by atoms with Gasteiger partial charge < -0.3 is 5.32 Å². The standard InChI is InChI=1S/C18H31N/c1-6-11-18(5,14-19-13-15(2)3)12-17-10-8-7-9-16(17)4/h7-10,15,19H,6,11-14H2,1-5H3. The summed E-state index contributed by atoms with van der Waals surface area (Å²) in [5, 5.41) is 3.65. The number of aryl methyl sites for hydroxylation is 1. The maximum atomic E-state index is 3.65. The molecule has 1 nitrogen and oxygen atoms in total. The third kappa shape index (κ3) is 5.78. The summed E-state index contributed by atoms with van der Waals surface area (Å²) in [6.45, 7) is 13.7. The molecule has 0 fully saturated rings. The summed E-state index contributed by atoms with van der Waals surface area (Å²) < 4.78 is 0. The minimum absolute atomic E-state index is 0.371. The molecule has 0 heterocycles. The Balaban J connectivity index is 2.67. The van der Waals surface area contributed by atoms with E-state index >= 15 is 0 Å².